The van der Waals surface area contributed by atoms with Crippen molar-refractivity contribution in [1.82, 2.24) is 34.6 Å². The van der Waals surface area contributed by atoms with Gasteiger partial charge in [-0.15, -0.1) is 0 Å². The summed E-state index contributed by atoms with van der Waals surface area (Å²) in [7, 11) is 0. The molecule has 11 heteroatoms. The number of carbonyl (C=O) groups excluding carboxylic acids is 1. The van der Waals surface area contributed by atoms with Crippen LogP contribution >= 0.6 is 11.6 Å². The minimum atomic E-state index is -0.0259. The molecule has 1 atom stereocenters. The summed E-state index contributed by atoms with van der Waals surface area (Å²) in [5.41, 5.74) is 9.29. The number of aromatic nitrogens is 6. The number of rotatable bonds is 4. The number of piperazine rings is 1. The molecule has 0 saturated carbocycles. The van der Waals surface area contributed by atoms with Gasteiger partial charge in [-0.05, 0) is 37.6 Å². The van der Waals surface area contributed by atoms with Crippen molar-refractivity contribution >= 4 is 40.0 Å². The van der Waals surface area contributed by atoms with Crippen LogP contribution in [0.5, 0.6) is 0 Å². The highest BCUT2D eigenvalue weighted by atomic mass is 35.5. The molecule has 10 nitrogen and oxygen atoms in total. The van der Waals surface area contributed by atoms with Crippen LogP contribution in [0.25, 0.3) is 22.6 Å². The molecule has 1 aromatic carbocycles. The van der Waals surface area contributed by atoms with Crippen molar-refractivity contribution in [3.8, 4) is 11.5 Å². The second-order valence-corrected chi connectivity index (χ2v) is 8.62. The van der Waals surface area contributed by atoms with Crippen LogP contribution in [0, 0.1) is 6.92 Å². The second kappa shape index (κ2) is 8.36. The van der Waals surface area contributed by atoms with Crippen molar-refractivity contribution in [1.29, 1.82) is 0 Å². The molecule has 5 rings (SSSR count). The van der Waals surface area contributed by atoms with Crippen LogP contribution in [0.15, 0.2) is 36.9 Å². The van der Waals surface area contributed by atoms with E-state index in [9.17, 15) is 4.79 Å². The first-order chi connectivity index (χ1) is 15.9. The number of carbonyl (C=O) groups is 1. The first kappa shape index (κ1) is 21.2. The predicted octanol–water partition coefficient (Wildman–Crippen LogP) is 2.50. The second-order valence-electron chi connectivity index (χ2n) is 8.22. The van der Waals surface area contributed by atoms with E-state index in [2.05, 4.69) is 42.9 Å². The van der Waals surface area contributed by atoms with Crippen molar-refractivity contribution < 1.29 is 4.79 Å². The fraction of sp³-hybridized carbons (Fsp3) is 0.318. The molecule has 0 aliphatic carbocycles. The van der Waals surface area contributed by atoms with Gasteiger partial charge in [0.1, 0.15) is 24.4 Å². The number of hydrogen-bond donors (Lipinski definition) is 2. The Morgan fingerprint density at radius 2 is 2.12 bits per heavy atom. The van der Waals surface area contributed by atoms with E-state index < -0.39 is 0 Å². The fourth-order valence-corrected chi connectivity index (χ4v) is 4.43. The average Bonchev–Trinajstić information content (AvgIpc) is 3.44. The molecule has 3 aromatic heterocycles. The van der Waals surface area contributed by atoms with Crippen LogP contribution in [0.3, 0.4) is 0 Å². The van der Waals surface area contributed by atoms with Gasteiger partial charge >= 0.3 is 0 Å². The lowest BCUT2D eigenvalue weighted by molar-refractivity contribution is -0.134. The Labute approximate surface area is 195 Å². The van der Waals surface area contributed by atoms with Gasteiger partial charge in [-0.25, -0.2) is 19.6 Å². The summed E-state index contributed by atoms with van der Waals surface area (Å²) in [5.74, 6) is 0.820. The monoisotopic (exact) mass is 465 g/mol. The summed E-state index contributed by atoms with van der Waals surface area (Å²) >= 11 is 6.17. The van der Waals surface area contributed by atoms with Crippen LogP contribution in [-0.2, 0) is 11.3 Å². The molecule has 3 N–H and O–H groups in total. The molecule has 4 heterocycles. The van der Waals surface area contributed by atoms with E-state index >= 15 is 0 Å². The number of hydrogen-bond acceptors (Lipinski definition) is 7. The normalized spacial score (nSPS) is 16.5. The molecule has 1 aliphatic heterocycles. The largest absolute Gasteiger partial charge is 0.383 e. The number of H-pyrrole nitrogens is 1. The summed E-state index contributed by atoms with van der Waals surface area (Å²) < 4.78 is 1.58. The smallest absolute Gasteiger partial charge is 0.244 e. The number of nitrogens with zero attached hydrogens (tertiary/aromatic N) is 7. The molecule has 170 valence electrons. The minimum absolute atomic E-state index is 0.0259. The summed E-state index contributed by atoms with van der Waals surface area (Å²) in [5, 5.41) is 5.94. The number of aromatic amines is 1. The van der Waals surface area contributed by atoms with E-state index in [4.69, 9.17) is 17.3 Å². The lowest BCUT2D eigenvalue weighted by Crippen LogP contribution is -2.54. The zero-order chi connectivity index (χ0) is 23.1. The number of nitrogen functional groups attached to an aromatic ring is 1. The SMILES string of the molecule is Cc1cc(N2CCN(C(=O)Cn3nc(-c4ncc[nH]4)c4c(N)ncnc43)[C@@H](C)C2)ccc1Cl. The van der Waals surface area contributed by atoms with E-state index in [0.29, 0.717) is 34.9 Å². The summed E-state index contributed by atoms with van der Waals surface area (Å²) in [6, 6.07) is 6.06. The number of halogens is 1. The highest BCUT2D eigenvalue weighted by Gasteiger charge is 2.29. The quantitative estimate of drug-likeness (QED) is 0.474. The number of nitrogens with one attached hydrogen (secondary N) is 1. The molecule has 4 aromatic rings. The van der Waals surface area contributed by atoms with Gasteiger partial charge in [-0.1, -0.05) is 11.6 Å². The zero-order valence-corrected chi connectivity index (χ0v) is 19.1. The van der Waals surface area contributed by atoms with Crippen molar-refractivity contribution in [2.75, 3.05) is 30.3 Å². The molecule has 1 fully saturated rings. The Morgan fingerprint density at radius 3 is 2.85 bits per heavy atom. The highest BCUT2D eigenvalue weighted by molar-refractivity contribution is 6.31. The molecule has 1 aliphatic rings. The molecular weight excluding hydrogens is 442 g/mol. The average molecular weight is 466 g/mol. The van der Waals surface area contributed by atoms with Gasteiger partial charge in [0.25, 0.3) is 0 Å². The Hall–Kier alpha value is -3.66. The summed E-state index contributed by atoms with van der Waals surface area (Å²) in [4.78, 5) is 33.2. The minimum Gasteiger partial charge on any atom is -0.383 e. The molecule has 0 bridgehead atoms. The number of fused-ring (bicyclic) bond motifs is 1. The van der Waals surface area contributed by atoms with Crippen molar-refractivity contribution in [2.45, 2.75) is 26.4 Å². The van der Waals surface area contributed by atoms with Crippen LogP contribution in [-0.4, -0.2) is 66.2 Å². The first-order valence-corrected chi connectivity index (χ1v) is 11.1. The molecular formula is C22H24ClN9O. The third-order valence-corrected chi connectivity index (χ3v) is 6.44. The molecule has 1 amide bonds. The standard InChI is InChI=1S/C22H24ClN9O/c1-13-9-15(3-4-16(13)23)30-7-8-31(14(2)10-30)17(33)11-32-22-18(20(24)27-12-28-22)19(29-32)21-25-5-6-26-21/h3-6,9,12,14H,7-8,10-11H2,1-2H3,(H,25,26)(H2,24,27,28)/t14-/m0/s1. The van der Waals surface area contributed by atoms with E-state index in [-0.39, 0.29) is 18.5 Å². The van der Waals surface area contributed by atoms with Gasteiger partial charge in [0.15, 0.2) is 11.5 Å². The lowest BCUT2D eigenvalue weighted by Gasteiger charge is -2.41. The van der Waals surface area contributed by atoms with E-state index in [0.717, 1.165) is 29.4 Å². The number of imidazole rings is 1. The third-order valence-electron chi connectivity index (χ3n) is 6.02. The molecule has 0 unspecified atom stereocenters. The van der Waals surface area contributed by atoms with E-state index in [1.807, 2.05) is 24.0 Å². The predicted molar refractivity (Wildman–Crippen MR) is 127 cm³/mol. The lowest BCUT2D eigenvalue weighted by atomic mass is 10.1. The van der Waals surface area contributed by atoms with Gasteiger partial charge in [0.05, 0.1) is 5.39 Å². The number of anilines is 2. The van der Waals surface area contributed by atoms with Gasteiger partial charge < -0.3 is 20.5 Å². The summed E-state index contributed by atoms with van der Waals surface area (Å²) in [6.45, 7) is 6.20. The highest BCUT2D eigenvalue weighted by Crippen LogP contribution is 2.28. The van der Waals surface area contributed by atoms with E-state index in [1.54, 1.807) is 17.1 Å². The van der Waals surface area contributed by atoms with Gasteiger partial charge in [-0.3, -0.25) is 4.79 Å². The Balaban J connectivity index is 1.36. The van der Waals surface area contributed by atoms with Gasteiger partial charge in [0, 0.05) is 48.8 Å². The van der Waals surface area contributed by atoms with Crippen molar-refractivity contribution in [3.05, 3.63) is 47.5 Å². The number of benzene rings is 1. The fourth-order valence-electron chi connectivity index (χ4n) is 4.31. The van der Waals surface area contributed by atoms with Crippen LogP contribution in [0.2, 0.25) is 5.02 Å². The van der Waals surface area contributed by atoms with Crippen LogP contribution in [0.1, 0.15) is 12.5 Å². The Kier molecular flexibility index (Phi) is 5.37. The van der Waals surface area contributed by atoms with Crippen LogP contribution < -0.4 is 10.6 Å². The first-order valence-electron chi connectivity index (χ1n) is 10.7. The maximum Gasteiger partial charge on any atom is 0.244 e. The Bertz CT molecular complexity index is 1320. The van der Waals surface area contributed by atoms with Gasteiger partial charge in [0.2, 0.25) is 5.91 Å². The third kappa shape index (κ3) is 3.86. The topological polar surface area (TPSA) is 122 Å². The molecule has 33 heavy (non-hydrogen) atoms. The maximum atomic E-state index is 13.3. The van der Waals surface area contributed by atoms with Crippen LogP contribution in [0.4, 0.5) is 11.5 Å². The van der Waals surface area contributed by atoms with Gasteiger partial charge in [-0.2, -0.15) is 5.10 Å². The summed E-state index contributed by atoms with van der Waals surface area (Å²) in [6.07, 6.45) is 4.71. The molecule has 0 radical (unpaired) electrons. The maximum absolute atomic E-state index is 13.3. The Morgan fingerprint density at radius 1 is 1.27 bits per heavy atom. The zero-order valence-electron chi connectivity index (χ0n) is 18.4. The molecule has 0 spiro atoms. The molecule has 1 saturated heterocycles. The number of nitrogens with two attached hydrogens (primary N) is 1. The van der Waals surface area contributed by atoms with Crippen molar-refractivity contribution in [2.24, 2.45) is 0 Å². The van der Waals surface area contributed by atoms with Crippen molar-refractivity contribution in [3.63, 3.8) is 0 Å². The van der Waals surface area contributed by atoms with E-state index in [1.165, 1.54) is 6.33 Å². The number of amides is 1. The number of aryl methyl sites for hydroxylation is 1.